The molecule has 0 saturated carbocycles. The molecule has 0 radical (unpaired) electrons. The largest absolute Gasteiger partial charge is 0.463 e. The van der Waals surface area contributed by atoms with Crippen molar-refractivity contribution in [3.05, 3.63) is 81.6 Å². The van der Waals surface area contributed by atoms with Crippen molar-refractivity contribution in [2.45, 2.75) is 51.6 Å². The van der Waals surface area contributed by atoms with Gasteiger partial charge in [0.2, 0.25) is 11.1 Å². The molecule has 0 amide bonds. The first-order valence-electron chi connectivity index (χ1n) is 10.7. The van der Waals surface area contributed by atoms with Crippen molar-refractivity contribution in [3.63, 3.8) is 0 Å². The molecular weight excluding hydrogens is 420 g/mol. The van der Waals surface area contributed by atoms with Gasteiger partial charge in [-0.15, -0.1) is 5.10 Å². The van der Waals surface area contributed by atoms with Crippen LogP contribution in [0.5, 0.6) is 0 Å². The zero-order valence-electron chi connectivity index (χ0n) is 19.1. The van der Waals surface area contributed by atoms with Gasteiger partial charge in [0.15, 0.2) is 0 Å². The van der Waals surface area contributed by atoms with Gasteiger partial charge in [-0.05, 0) is 51.3 Å². The standard InChI is InChI=1S/C25H28N4O2S/c1-6-31-23(30)21-18(5)26-24-27-25(32-14-20-12-9-16(3)13-17(20)4)28-29(24)22(21)19-10-7-15(2)8-11-19/h7-13,22H,6,14H2,1-5H3,(H,26,27,28)/t22-/m0/s1. The molecule has 0 aliphatic carbocycles. The van der Waals surface area contributed by atoms with Crippen LogP contribution >= 0.6 is 11.8 Å². The lowest BCUT2D eigenvalue weighted by Crippen LogP contribution is -2.29. The Balaban J connectivity index is 1.68. The third-order valence-electron chi connectivity index (χ3n) is 5.58. The molecule has 3 aromatic rings. The number of esters is 1. The van der Waals surface area contributed by atoms with Gasteiger partial charge in [0.1, 0.15) is 6.04 Å². The summed E-state index contributed by atoms with van der Waals surface area (Å²) >= 11 is 1.59. The number of aryl methyl sites for hydroxylation is 3. The van der Waals surface area contributed by atoms with Crippen molar-refractivity contribution >= 4 is 23.7 Å². The summed E-state index contributed by atoms with van der Waals surface area (Å²) in [5.41, 5.74) is 7.20. The van der Waals surface area contributed by atoms with Gasteiger partial charge < -0.3 is 10.1 Å². The number of ether oxygens (including phenoxy) is 1. The Morgan fingerprint density at radius 1 is 1.09 bits per heavy atom. The third-order valence-corrected chi connectivity index (χ3v) is 6.46. The van der Waals surface area contributed by atoms with Crippen molar-refractivity contribution in [2.75, 3.05) is 11.9 Å². The molecule has 7 heteroatoms. The lowest BCUT2D eigenvalue weighted by molar-refractivity contribution is -0.139. The Labute approximate surface area is 193 Å². The molecule has 166 valence electrons. The number of rotatable bonds is 6. The van der Waals surface area contributed by atoms with E-state index in [9.17, 15) is 4.79 Å². The molecule has 1 aliphatic rings. The van der Waals surface area contributed by atoms with Crippen molar-refractivity contribution in [1.82, 2.24) is 14.8 Å². The molecule has 1 aromatic heterocycles. The van der Waals surface area contributed by atoms with Crippen LogP contribution in [0.25, 0.3) is 0 Å². The molecule has 1 aliphatic heterocycles. The minimum absolute atomic E-state index is 0.317. The maximum absolute atomic E-state index is 12.9. The number of hydrogen-bond acceptors (Lipinski definition) is 6. The second kappa shape index (κ2) is 9.20. The predicted molar refractivity (Wildman–Crippen MR) is 128 cm³/mol. The number of aromatic nitrogens is 3. The van der Waals surface area contributed by atoms with Crippen molar-refractivity contribution in [3.8, 4) is 0 Å². The molecule has 0 bridgehead atoms. The molecule has 32 heavy (non-hydrogen) atoms. The highest BCUT2D eigenvalue weighted by molar-refractivity contribution is 7.98. The number of carbonyl (C=O) groups excluding carboxylic acids is 1. The van der Waals surface area contributed by atoms with Gasteiger partial charge in [-0.3, -0.25) is 0 Å². The number of hydrogen-bond donors (Lipinski definition) is 1. The fourth-order valence-corrected chi connectivity index (χ4v) is 4.78. The van der Waals surface area contributed by atoms with Crippen molar-refractivity contribution in [2.24, 2.45) is 0 Å². The van der Waals surface area contributed by atoms with Gasteiger partial charge in [0, 0.05) is 11.4 Å². The van der Waals surface area contributed by atoms with Crippen molar-refractivity contribution in [1.29, 1.82) is 0 Å². The minimum Gasteiger partial charge on any atom is -0.463 e. The molecule has 2 aromatic carbocycles. The Kier molecular flexibility index (Phi) is 6.37. The molecule has 0 saturated heterocycles. The van der Waals surface area contributed by atoms with Gasteiger partial charge in [-0.25, -0.2) is 9.48 Å². The summed E-state index contributed by atoms with van der Waals surface area (Å²) < 4.78 is 7.17. The van der Waals surface area contributed by atoms with Crippen LogP contribution in [0.2, 0.25) is 0 Å². The highest BCUT2D eigenvalue weighted by Gasteiger charge is 2.35. The lowest BCUT2D eigenvalue weighted by atomic mass is 9.95. The number of anilines is 1. The van der Waals surface area contributed by atoms with Crippen LogP contribution in [-0.2, 0) is 15.3 Å². The fraction of sp³-hybridized carbons (Fsp3) is 0.320. The summed E-state index contributed by atoms with van der Waals surface area (Å²) in [6.07, 6.45) is 0. The summed E-state index contributed by atoms with van der Waals surface area (Å²) in [7, 11) is 0. The maximum atomic E-state index is 12.9. The van der Waals surface area contributed by atoms with Crippen molar-refractivity contribution < 1.29 is 9.53 Å². The first-order valence-corrected chi connectivity index (χ1v) is 11.7. The van der Waals surface area contributed by atoms with Crippen LogP contribution in [-0.4, -0.2) is 27.3 Å². The summed E-state index contributed by atoms with van der Waals surface area (Å²) in [6, 6.07) is 14.2. The molecular formula is C25H28N4O2S. The second-order valence-electron chi connectivity index (χ2n) is 8.08. The Hall–Kier alpha value is -3.06. The van der Waals surface area contributed by atoms with E-state index in [1.54, 1.807) is 16.4 Å². The summed E-state index contributed by atoms with van der Waals surface area (Å²) in [4.78, 5) is 17.6. The number of carbonyl (C=O) groups is 1. The predicted octanol–water partition coefficient (Wildman–Crippen LogP) is 5.35. The van der Waals surface area contributed by atoms with Crippen LogP contribution < -0.4 is 5.32 Å². The molecule has 1 atom stereocenters. The zero-order chi connectivity index (χ0) is 22.8. The number of thioether (sulfide) groups is 1. The first-order chi connectivity index (χ1) is 15.4. The van der Waals surface area contributed by atoms with E-state index in [1.807, 2.05) is 45.0 Å². The van der Waals surface area contributed by atoms with E-state index in [1.165, 1.54) is 16.7 Å². The van der Waals surface area contributed by atoms with E-state index in [0.29, 0.717) is 23.3 Å². The van der Waals surface area contributed by atoms with Gasteiger partial charge in [0.05, 0.1) is 12.2 Å². The average molecular weight is 449 g/mol. The summed E-state index contributed by atoms with van der Waals surface area (Å²) in [5, 5.41) is 8.71. The van der Waals surface area contributed by atoms with Crippen LogP contribution in [0, 0.1) is 20.8 Å². The highest BCUT2D eigenvalue weighted by atomic mass is 32.2. The molecule has 6 nitrogen and oxygen atoms in total. The summed E-state index contributed by atoms with van der Waals surface area (Å²) in [6.45, 7) is 10.3. The molecule has 0 unspecified atom stereocenters. The topological polar surface area (TPSA) is 69.0 Å². The molecule has 0 spiro atoms. The van der Waals surface area contributed by atoms with E-state index in [4.69, 9.17) is 14.8 Å². The molecule has 0 fully saturated rings. The van der Waals surface area contributed by atoms with Gasteiger partial charge in [-0.2, -0.15) is 4.98 Å². The van der Waals surface area contributed by atoms with E-state index >= 15 is 0 Å². The third kappa shape index (κ3) is 4.43. The van der Waals surface area contributed by atoms with E-state index < -0.39 is 6.04 Å². The smallest absolute Gasteiger partial charge is 0.338 e. The first kappa shape index (κ1) is 22.1. The normalized spacial score (nSPS) is 15.3. The Bertz CT molecular complexity index is 1180. The number of benzene rings is 2. The monoisotopic (exact) mass is 448 g/mol. The molecule has 1 N–H and O–H groups in total. The van der Waals surface area contributed by atoms with Crippen LogP contribution in [0.3, 0.4) is 0 Å². The number of nitrogens with one attached hydrogen (secondary N) is 1. The Morgan fingerprint density at radius 3 is 2.50 bits per heavy atom. The SMILES string of the molecule is CCOC(=O)C1=C(C)Nc2nc(SCc3ccc(C)cc3C)nn2[C@H]1c1ccc(C)cc1. The molecule has 4 rings (SSSR count). The van der Waals surface area contributed by atoms with Gasteiger partial charge in [0.25, 0.3) is 0 Å². The summed E-state index contributed by atoms with van der Waals surface area (Å²) in [5.74, 6) is 1.07. The van der Waals surface area contributed by atoms with Gasteiger partial charge >= 0.3 is 5.97 Å². The van der Waals surface area contributed by atoms with E-state index in [2.05, 4.69) is 37.4 Å². The lowest BCUT2D eigenvalue weighted by Gasteiger charge is -2.28. The highest BCUT2D eigenvalue weighted by Crippen LogP contribution is 2.37. The van der Waals surface area contributed by atoms with Crippen LogP contribution in [0.15, 0.2) is 58.9 Å². The van der Waals surface area contributed by atoms with E-state index in [0.717, 1.165) is 22.6 Å². The van der Waals surface area contributed by atoms with E-state index in [-0.39, 0.29) is 5.97 Å². The second-order valence-corrected chi connectivity index (χ2v) is 9.02. The quantitative estimate of drug-likeness (QED) is 0.405. The average Bonchev–Trinajstić information content (AvgIpc) is 3.15. The number of allylic oxidation sites excluding steroid dienone is 1. The number of fused-ring (bicyclic) bond motifs is 1. The van der Waals surface area contributed by atoms with Crippen LogP contribution in [0.1, 0.15) is 47.7 Å². The minimum atomic E-state index is -0.395. The maximum Gasteiger partial charge on any atom is 0.338 e. The van der Waals surface area contributed by atoms with Crippen LogP contribution in [0.4, 0.5) is 5.95 Å². The fourth-order valence-electron chi connectivity index (χ4n) is 3.87. The molecule has 2 heterocycles. The number of nitrogens with zero attached hydrogens (tertiary/aromatic N) is 3. The Morgan fingerprint density at radius 2 is 1.81 bits per heavy atom. The van der Waals surface area contributed by atoms with Gasteiger partial charge in [-0.1, -0.05) is 65.4 Å². The zero-order valence-corrected chi connectivity index (χ0v) is 19.9.